The molecule has 3 aromatic rings. The lowest BCUT2D eigenvalue weighted by Crippen LogP contribution is -2.19. The zero-order valence-corrected chi connectivity index (χ0v) is 16.2. The highest BCUT2D eigenvalue weighted by Gasteiger charge is 2.10. The van der Waals surface area contributed by atoms with Crippen LogP contribution in [-0.4, -0.2) is 23.3 Å². The summed E-state index contributed by atoms with van der Waals surface area (Å²) in [7, 11) is 1.57. The summed E-state index contributed by atoms with van der Waals surface area (Å²) in [5.41, 5.74) is 1.54. The van der Waals surface area contributed by atoms with Gasteiger partial charge < -0.3 is 14.8 Å². The highest BCUT2D eigenvalue weighted by atomic mass is 35.5. The first-order valence-electron chi connectivity index (χ1n) is 7.97. The molecule has 3 rings (SSSR count). The maximum atomic E-state index is 12.1. The Labute approximate surface area is 165 Å². The van der Waals surface area contributed by atoms with E-state index in [1.807, 2.05) is 13.0 Å². The number of carbonyl (C=O) groups is 1. The molecule has 0 saturated carbocycles. The first-order chi connectivity index (χ1) is 13.0. The molecule has 140 valence electrons. The number of halogens is 1. The van der Waals surface area contributed by atoms with Gasteiger partial charge in [0, 0.05) is 16.8 Å². The standard InChI is InChI=1S/C18H17ClN4O3S/c1-11-8-12(19)6-7-15(11)26-10-16-22-23-18(27-16)21-17(24)20-13-4-3-5-14(9-13)25-2/h3-9H,10H2,1-2H3,(H2,20,21,23,24). The average molecular weight is 405 g/mol. The molecule has 0 spiro atoms. The van der Waals surface area contributed by atoms with Gasteiger partial charge in [0.1, 0.15) is 18.1 Å². The second-order valence-corrected chi connectivity index (χ2v) is 7.01. The van der Waals surface area contributed by atoms with Gasteiger partial charge in [-0.3, -0.25) is 5.32 Å². The van der Waals surface area contributed by atoms with E-state index in [0.29, 0.717) is 26.6 Å². The highest BCUT2D eigenvalue weighted by Crippen LogP contribution is 2.24. The van der Waals surface area contributed by atoms with Gasteiger partial charge in [-0.2, -0.15) is 0 Å². The number of nitrogens with one attached hydrogen (secondary N) is 2. The third-order valence-electron chi connectivity index (χ3n) is 3.50. The molecule has 1 aromatic heterocycles. The Morgan fingerprint density at radius 1 is 1.19 bits per heavy atom. The van der Waals surface area contributed by atoms with Crippen LogP contribution < -0.4 is 20.1 Å². The minimum atomic E-state index is -0.416. The Hall–Kier alpha value is -2.84. The van der Waals surface area contributed by atoms with Crippen molar-refractivity contribution in [2.45, 2.75) is 13.5 Å². The van der Waals surface area contributed by atoms with Crippen LogP contribution in [-0.2, 0) is 6.61 Å². The molecule has 0 saturated heterocycles. The quantitative estimate of drug-likeness (QED) is 0.620. The predicted octanol–water partition coefficient (Wildman–Crippen LogP) is 4.73. The summed E-state index contributed by atoms with van der Waals surface area (Å²) in [6.07, 6.45) is 0. The van der Waals surface area contributed by atoms with Gasteiger partial charge in [-0.05, 0) is 42.8 Å². The molecule has 7 nitrogen and oxygen atoms in total. The Bertz CT molecular complexity index is 948. The summed E-state index contributed by atoms with van der Waals surface area (Å²) in [6, 6.07) is 12.0. The number of hydrogen-bond acceptors (Lipinski definition) is 6. The van der Waals surface area contributed by atoms with Crippen LogP contribution in [0.3, 0.4) is 0 Å². The second kappa shape index (κ2) is 8.70. The number of ether oxygens (including phenoxy) is 2. The van der Waals surface area contributed by atoms with Gasteiger partial charge in [-0.15, -0.1) is 10.2 Å². The number of nitrogens with zero attached hydrogens (tertiary/aromatic N) is 2. The first kappa shape index (κ1) is 18.9. The highest BCUT2D eigenvalue weighted by molar-refractivity contribution is 7.15. The van der Waals surface area contributed by atoms with E-state index < -0.39 is 6.03 Å². The topological polar surface area (TPSA) is 85.4 Å². The number of carbonyl (C=O) groups excluding carboxylic acids is 1. The number of aryl methyl sites for hydroxylation is 1. The molecule has 1 heterocycles. The lowest BCUT2D eigenvalue weighted by molar-refractivity contribution is 0.262. The van der Waals surface area contributed by atoms with Gasteiger partial charge >= 0.3 is 6.03 Å². The second-order valence-electron chi connectivity index (χ2n) is 5.51. The van der Waals surface area contributed by atoms with Crippen molar-refractivity contribution >= 4 is 39.8 Å². The van der Waals surface area contributed by atoms with Crippen molar-refractivity contribution in [3.63, 3.8) is 0 Å². The van der Waals surface area contributed by atoms with Gasteiger partial charge in [-0.25, -0.2) is 4.79 Å². The molecule has 0 bridgehead atoms. The number of aromatic nitrogens is 2. The number of anilines is 2. The number of hydrogen-bond donors (Lipinski definition) is 2. The average Bonchev–Trinajstić information content (AvgIpc) is 3.08. The van der Waals surface area contributed by atoms with Crippen LogP contribution in [0.2, 0.25) is 5.02 Å². The van der Waals surface area contributed by atoms with Crippen LogP contribution in [0.25, 0.3) is 0 Å². The van der Waals surface area contributed by atoms with Crippen molar-refractivity contribution in [3.05, 3.63) is 58.1 Å². The Kier molecular flexibility index (Phi) is 6.10. The zero-order valence-electron chi connectivity index (χ0n) is 14.7. The number of urea groups is 1. The molecule has 0 atom stereocenters. The Morgan fingerprint density at radius 2 is 2.04 bits per heavy atom. The van der Waals surface area contributed by atoms with Crippen LogP contribution in [0.5, 0.6) is 11.5 Å². The fraction of sp³-hybridized carbons (Fsp3) is 0.167. The van der Waals surface area contributed by atoms with E-state index in [1.165, 1.54) is 11.3 Å². The molecule has 0 aliphatic rings. The van der Waals surface area contributed by atoms with Crippen LogP contribution in [0.4, 0.5) is 15.6 Å². The van der Waals surface area contributed by atoms with Gasteiger partial charge in [0.25, 0.3) is 0 Å². The van der Waals surface area contributed by atoms with Crippen LogP contribution in [0.15, 0.2) is 42.5 Å². The van der Waals surface area contributed by atoms with Crippen molar-refractivity contribution in [2.24, 2.45) is 0 Å². The summed E-state index contributed by atoms with van der Waals surface area (Å²) in [5, 5.41) is 15.0. The minimum absolute atomic E-state index is 0.249. The van der Waals surface area contributed by atoms with Gasteiger partial charge in [-0.1, -0.05) is 29.0 Å². The fourth-order valence-corrected chi connectivity index (χ4v) is 3.11. The molecular weight excluding hydrogens is 388 g/mol. The summed E-state index contributed by atoms with van der Waals surface area (Å²) in [4.78, 5) is 12.1. The third kappa shape index (κ3) is 5.32. The SMILES string of the molecule is COc1cccc(NC(=O)Nc2nnc(COc3ccc(Cl)cc3C)s2)c1. The maximum Gasteiger partial charge on any atom is 0.325 e. The summed E-state index contributed by atoms with van der Waals surface area (Å²) < 4.78 is 10.8. The van der Waals surface area contributed by atoms with E-state index in [-0.39, 0.29) is 6.61 Å². The van der Waals surface area contributed by atoms with E-state index in [9.17, 15) is 4.79 Å². The smallest absolute Gasteiger partial charge is 0.325 e. The minimum Gasteiger partial charge on any atom is -0.497 e. The van der Waals surface area contributed by atoms with E-state index in [2.05, 4.69) is 20.8 Å². The molecule has 0 unspecified atom stereocenters. The van der Waals surface area contributed by atoms with E-state index in [1.54, 1.807) is 43.5 Å². The largest absolute Gasteiger partial charge is 0.497 e. The fourth-order valence-electron chi connectivity index (χ4n) is 2.24. The van der Waals surface area contributed by atoms with Crippen molar-refractivity contribution in [3.8, 4) is 11.5 Å². The molecular formula is C18H17ClN4O3S. The third-order valence-corrected chi connectivity index (χ3v) is 4.55. The van der Waals surface area contributed by atoms with Crippen LogP contribution in [0, 0.1) is 6.92 Å². The van der Waals surface area contributed by atoms with Crippen LogP contribution in [0.1, 0.15) is 10.6 Å². The molecule has 2 aromatic carbocycles. The van der Waals surface area contributed by atoms with Crippen molar-refractivity contribution < 1.29 is 14.3 Å². The van der Waals surface area contributed by atoms with E-state index in [4.69, 9.17) is 21.1 Å². The number of rotatable bonds is 6. The van der Waals surface area contributed by atoms with Gasteiger partial charge in [0.05, 0.1) is 7.11 Å². The number of methoxy groups -OCH3 is 1. The Balaban J connectivity index is 1.54. The lowest BCUT2D eigenvalue weighted by Gasteiger charge is -2.07. The summed E-state index contributed by atoms with van der Waals surface area (Å²) >= 11 is 7.17. The zero-order chi connectivity index (χ0) is 19.2. The van der Waals surface area contributed by atoms with Crippen LogP contribution >= 0.6 is 22.9 Å². The molecule has 0 aliphatic carbocycles. The maximum absolute atomic E-state index is 12.1. The number of amides is 2. The first-order valence-corrected chi connectivity index (χ1v) is 9.16. The predicted molar refractivity (Wildman–Crippen MR) is 106 cm³/mol. The van der Waals surface area contributed by atoms with Gasteiger partial charge in [0.15, 0.2) is 5.01 Å². The molecule has 0 fully saturated rings. The van der Waals surface area contributed by atoms with E-state index >= 15 is 0 Å². The molecule has 27 heavy (non-hydrogen) atoms. The van der Waals surface area contributed by atoms with Crippen molar-refractivity contribution in [1.82, 2.24) is 10.2 Å². The Morgan fingerprint density at radius 3 is 2.81 bits per heavy atom. The number of benzene rings is 2. The normalized spacial score (nSPS) is 10.3. The van der Waals surface area contributed by atoms with Crippen molar-refractivity contribution in [2.75, 3.05) is 17.7 Å². The molecule has 2 amide bonds. The lowest BCUT2D eigenvalue weighted by atomic mass is 10.2. The molecule has 0 aliphatic heterocycles. The molecule has 2 N–H and O–H groups in total. The molecule has 9 heteroatoms. The van der Waals surface area contributed by atoms with E-state index in [0.717, 1.165) is 11.3 Å². The summed E-state index contributed by atoms with van der Waals surface area (Å²) in [6.45, 7) is 2.16. The molecule has 0 radical (unpaired) electrons. The van der Waals surface area contributed by atoms with Crippen molar-refractivity contribution in [1.29, 1.82) is 0 Å². The summed E-state index contributed by atoms with van der Waals surface area (Å²) in [5.74, 6) is 1.38. The van der Waals surface area contributed by atoms with Gasteiger partial charge in [0.2, 0.25) is 5.13 Å². The monoisotopic (exact) mass is 404 g/mol.